The lowest BCUT2D eigenvalue weighted by Crippen LogP contribution is -2.17. The molecule has 15 nitrogen and oxygen atoms in total. The largest absolute Gasteiger partial charge is 0.394 e. The molecule has 0 amide bonds. The molecule has 0 aromatic heterocycles. The van der Waals surface area contributed by atoms with Crippen molar-refractivity contribution in [2.75, 3.05) is 81.5 Å². The molecule has 3 N–H and O–H groups in total. The molecule has 0 aliphatic heterocycles. The maximum absolute atomic E-state index is 11.4. The molecule has 0 fully saturated rings. The minimum absolute atomic E-state index is 0.0933. The Bertz CT molecular complexity index is 571. The van der Waals surface area contributed by atoms with Crippen molar-refractivity contribution in [3.8, 4) is 0 Å². The van der Waals surface area contributed by atoms with Crippen molar-refractivity contribution in [2.24, 2.45) is 0 Å². The van der Waals surface area contributed by atoms with E-state index in [4.69, 9.17) is 29.5 Å². The van der Waals surface area contributed by atoms with Gasteiger partial charge in [-0.1, -0.05) is 20.8 Å². The smallest absolute Gasteiger partial charge is 0.355 e. The molecule has 0 bridgehead atoms. The van der Waals surface area contributed by atoms with Gasteiger partial charge in [0.2, 0.25) is 0 Å². The van der Waals surface area contributed by atoms with Crippen molar-refractivity contribution < 1.29 is 70.4 Å². The highest BCUT2D eigenvalue weighted by Gasteiger charge is 2.24. The van der Waals surface area contributed by atoms with E-state index < -0.39 is 22.8 Å². The Morgan fingerprint density at radius 2 is 0.641 bits per heavy atom. The lowest BCUT2D eigenvalue weighted by molar-refractivity contribution is 0.0258. The van der Waals surface area contributed by atoms with Gasteiger partial charge in [0.1, 0.15) is 19.0 Å². The van der Waals surface area contributed by atoms with Gasteiger partial charge >= 0.3 is 22.8 Å². The molecule has 0 aliphatic rings. The molecule has 240 valence electrons. The highest BCUT2D eigenvalue weighted by Crippen LogP contribution is 2.47. The Balaban J connectivity index is -0.000000498. The number of hydrogen-bond acceptors (Lipinski definition) is 15. The van der Waals surface area contributed by atoms with Crippen LogP contribution in [0, 0.1) is 0 Å². The fourth-order valence-corrected chi connectivity index (χ4v) is 4.29. The molecule has 0 radical (unpaired) electrons. The van der Waals surface area contributed by atoms with Crippen molar-refractivity contribution in [1.82, 2.24) is 0 Å². The van der Waals surface area contributed by atoms with E-state index >= 15 is 0 Å². The van der Waals surface area contributed by atoms with Crippen molar-refractivity contribution in [3.05, 3.63) is 0 Å². The van der Waals surface area contributed by atoms with Crippen molar-refractivity contribution in [2.45, 2.75) is 58.3 Å². The zero-order valence-electron chi connectivity index (χ0n) is 24.7. The van der Waals surface area contributed by atoms with Gasteiger partial charge in [0.15, 0.2) is 0 Å². The maximum Gasteiger partial charge on any atom is 0.355 e. The van der Waals surface area contributed by atoms with Crippen LogP contribution in [0.2, 0.25) is 0 Å². The number of aliphatic hydroxyl groups is 3. The molecular formula is C21H51O15P3. The van der Waals surface area contributed by atoms with E-state index in [9.17, 15) is 13.7 Å². The van der Waals surface area contributed by atoms with Crippen LogP contribution in [-0.4, -0.2) is 115 Å². The fourth-order valence-electron chi connectivity index (χ4n) is 2.03. The van der Waals surface area contributed by atoms with E-state index in [2.05, 4.69) is 27.1 Å². The van der Waals surface area contributed by atoms with Crippen molar-refractivity contribution >= 4 is 22.8 Å². The summed E-state index contributed by atoms with van der Waals surface area (Å²) in [5.41, 5.74) is 0. The number of rotatable bonds is 21. The minimum atomic E-state index is -3.09. The van der Waals surface area contributed by atoms with Gasteiger partial charge in [-0.3, -0.25) is 13.7 Å². The summed E-state index contributed by atoms with van der Waals surface area (Å²) in [5.74, 6) is 0. The predicted molar refractivity (Wildman–Crippen MR) is 146 cm³/mol. The van der Waals surface area contributed by atoms with Gasteiger partial charge in [0.05, 0.1) is 38.1 Å². The molecule has 0 aromatic carbocycles. The zero-order valence-corrected chi connectivity index (χ0v) is 27.4. The highest BCUT2D eigenvalue weighted by molar-refractivity contribution is 7.54. The van der Waals surface area contributed by atoms with Gasteiger partial charge in [0, 0.05) is 42.7 Å². The van der Waals surface area contributed by atoms with Gasteiger partial charge in [0.25, 0.3) is 0 Å². The molecule has 39 heavy (non-hydrogen) atoms. The van der Waals surface area contributed by atoms with E-state index in [1.807, 2.05) is 20.8 Å². The molecule has 0 heterocycles. The molecule has 0 unspecified atom stereocenters. The third-order valence-electron chi connectivity index (χ3n) is 5.05. The molecule has 0 aromatic rings. The molecule has 18 heteroatoms. The van der Waals surface area contributed by atoms with Gasteiger partial charge < -0.3 is 56.7 Å². The molecule has 0 saturated carbocycles. The SMILES string of the molecule is CC[C@@H](CO)OCP(=O)(OC)OC.CC[C@@H](CO)OCP(=O)(OC)OC.CC[C@@H](CO)OCP(=O)(OC)OC. The van der Waals surface area contributed by atoms with Crippen LogP contribution >= 0.6 is 22.8 Å². The van der Waals surface area contributed by atoms with E-state index in [0.29, 0.717) is 19.3 Å². The van der Waals surface area contributed by atoms with Crippen LogP contribution < -0.4 is 0 Å². The summed E-state index contributed by atoms with van der Waals surface area (Å²) in [7, 11) is -1.49. The monoisotopic (exact) mass is 636 g/mol. The lowest BCUT2D eigenvalue weighted by Gasteiger charge is -2.17. The van der Waals surface area contributed by atoms with Crippen LogP contribution in [0.5, 0.6) is 0 Å². The number of ether oxygens (including phenoxy) is 3. The van der Waals surface area contributed by atoms with Gasteiger partial charge in [-0.15, -0.1) is 0 Å². The molecule has 3 atom stereocenters. The van der Waals surface area contributed by atoms with Crippen LogP contribution in [0.3, 0.4) is 0 Å². The summed E-state index contributed by atoms with van der Waals surface area (Å²) in [6.07, 6.45) is 0.672. The molecule has 0 aliphatic carbocycles. The van der Waals surface area contributed by atoms with Crippen LogP contribution in [0.1, 0.15) is 40.0 Å². The van der Waals surface area contributed by atoms with Crippen molar-refractivity contribution in [3.63, 3.8) is 0 Å². The fraction of sp³-hybridized carbons (Fsp3) is 1.00. The molecule has 0 rings (SSSR count). The van der Waals surface area contributed by atoms with Gasteiger partial charge in [-0.25, -0.2) is 0 Å². The normalized spacial score (nSPS) is 14.5. The van der Waals surface area contributed by atoms with E-state index in [0.717, 1.165) is 0 Å². The number of hydrogen-bond donors (Lipinski definition) is 3. The Hall–Kier alpha value is 0.210. The Morgan fingerprint density at radius 3 is 0.744 bits per heavy atom. The van der Waals surface area contributed by atoms with Gasteiger partial charge in [-0.2, -0.15) is 0 Å². The average molecular weight is 637 g/mol. The standard InChI is InChI=1S/3C7H17O5P/c3*1-4-7(5-8)12-6-13(9,10-2)11-3/h3*7-8H,4-6H2,1-3H3/t3*7-/m000/s1. The Morgan fingerprint density at radius 1 is 0.462 bits per heavy atom. The Labute approximate surface area is 233 Å². The third kappa shape index (κ3) is 21.6. The summed E-state index contributed by atoms with van der Waals surface area (Å²) >= 11 is 0. The number of aliphatic hydroxyl groups excluding tert-OH is 3. The second-order valence-electron chi connectivity index (χ2n) is 7.45. The summed E-state index contributed by atoms with van der Waals surface area (Å²) in [4.78, 5) is 0. The van der Waals surface area contributed by atoms with Crippen LogP contribution in [0.15, 0.2) is 0 Å². The first-order chi connectivity index (χ1) is 18.3. The van der Waals surface area contributed by atoms with E-state index in [-0.39, 0.29) is 57.2 Å². The first-order valence-electron chi connectivity index (χ1n) is 12.1. The topological polar surface area (TPSA) is 195 Å². The van der Waals surface area contributed by atoms with Crippen LogP contribution in [-0.2, 0) is 55.0 Å². The first kappa shape index (κ1) is 43.7. The highest BCUT2D eigenvalue weighted by atomic mass is 31.2. The summed E-state index contributed by atoms with van der Waals surface area (Å²) in [6.45, 7) is 5.32. The zero-order chi connectivity index (χ0) is 31.0. The summed E-state index contributed by atoms with van der Waals surface area (Å²) in [6, 6.07) is 0. The van der Waals surface area contributed by atoms with E-state index in [1.165, 1.54) is 42.7 Å². The molecule has 0 spiro atoms. The first-order valence-corrected chi connectivity index (χ1v) is 17.3. The van der Waals surface area contributed by atoms with Crippen LogP contribution in [0.4, 0.5) is 0 Å². The maximum atomic E-state index is 11.4. The lowest BCUT2D eigenvalue weighted by atomic mass is 10.3. The van der Waals surface area contributed by atoms with Crippen LogP contribution in [0.25, 0.3) is 0 Å². The average Bonchev–Trinajstić information content (AvgIpc) is 2.98. The quantitative estimate of drug-likeness (QED) is 0.154. The third-order valence-corrected chi connectivity index (χ3v) is 9.78. The van der Waals surface area contributed by atoms with E-state index in [1.54, 1.807) is 0 Å². The molecule has 0 saturated heterocycles. The second kappa shape index (κ2) is 25.9. The minimum Gasteiger partial charge on any atom is -0.394 e. The van der Waals surface area contributed by atoms with Crippen molar-refractivity contribution in [1.29, 1.82) is 0 Å². The summed E-state index contributed by atoms with van der Waals surface area (Å²) < 4.78 is 77.6. The Kier molecular flexibility index (Phi) is 29.0. The summed E-state index contributed by atoms with van der Waals surface area (Å²) in [5, 5.41) is 26.3. The predicted octanol–water partition coefficient (Wildman–Crippen LogP) is 3.65. The molecular weight excluding hydrogens is 585 g/mol. The van der Waals surface area contributed by atoms with Gasteiger partial charge in [-0.05, 0) is 19.3 Å². The second-order valence-corrected chi connectivity index (χ2v) is 14.1.